The molecular weight excluding hydrogens is 294 g/mol. The maximum atomic E-state index is 12.0. The van der Waals surface area contributed by atoms with Gasteiger partial charge < -0.3 is 9.80 Å². The Morgan fingerprint density at radius 2 is 1.87 bits per heavy atom. The van der Waals surface area contributed by atoms with Gasteiger partial charge in [-0.05, 0) is 18.6 Å². The molecule has 122 valence electrons. The summed E-state index contributed by atoms with van der Waals surface area (Å²) in [5, 5.41) is 12.5. The number of hydrogen-bond acceptors (Lipinski definition) is 6. The van der Waals surface area contributed by atoms with Crippen LogP contribution in [0.3, 0.4) is 0 Å². The van der Waals surface area contributed by atoms with Crippen molar-refractivity contribution in [3.8, 4) is 5.82 Å². The number of aromatic nitrogens is 5. The molecule has 8 nitrogen and oxygen atoms in total. The Bertz CT molecular complexity index is 618. The molecule has 0 atom stereocenters. The number of unbranched alkanes of at least 4 members (excludes halogenated alkanes) is 1. The van der Waals surface area contributed by atoms with Crippen LogP contribution in [0, 0.1) is 0 Å². The number of nitrogens with zero attached hydrogens (tertiary/aromatic N) is 7. The molecule has 0 spiro atoms. The van der Waals surface area contributed by atoms with E-state index in [9.17, 15) is 4.79 Å². The Morgan fingerprint density at radius 1 is 1.13 bits per heavy atom. The largest absolute Gasteiger partial charge is 0.352 e. The SMILES string of the molecule is CCCCC(=O)N1CCN(c2ccc(-n3cncn3)nn2)CC1. The van der Waals surface area contributed by atoms with E-state index in [0.29, 0.717) is 12.2 Å². The average molecular weight is 315 g/mol. The summed E-state index contributed by atoms with van der Waals surface area (Å²) in [5.41, 5.74) is 0. The van der Waals surface area contributed by atoms with Crippen molar-refractivity contribution >= 4 is 11.7 Å². The molecule has 1 fully saturated rings. The minimum atomic E-state index is 0.263. The van der Waals surface area contributed by atoms with Crippen molar-refractivity contribution in [2.24, 2.45) is 0 Å². The Morgan fingerprint density at radius 3 is 2.48 bits per heavy atom. The molecule has 0 aliphatic carbocycles. The highest BCUT2D eigenvalue weighted by Gasteiger charge is 2.21. The summed E-state index contributed by atoms with van der Waals surface area (Å²) >= 11 is 0. The predicted molar refractivity (Wildman–Crippen MR) is 85.3 cm³/mol. The minimum Gasteiger partial charge on any atom is -0.352 e. The zero-order chi connectivity index (χ0) is 16.1. The first kappa shape index (κ1) is 15.4. The molecule has 0 bridgehead atoms. The third-order valence-corrected chi connectivity index (χ3v) is 3.99. The Labute approximate surface area is 135 Å². The Balaban J connectivity index is 1.56. The third-order valence-electron chi connectivity index (χ3n) is 3.99. The molecule has 0 saturated carbocycles. The van der Waals surface area contributed by atoms with Crippen molar-refractivity contribution in [2.45, 2.75) is 26.2 Å². The van der Waals surface area contributed by atoms with Crippen LogP contribution in [0.15, 0.2) is 24.8 Å². The van der Waals surface area contributed by atoms with E-state index < -0.39 is 0 Å². The first-order chi connectivity index (χ1) is 11.3. The molecule has 0 unspecified atom stereocenters. The molecule has 0 aromatic carbocycles. The van der Waals surface area contributed by atoms with Gasteiger partial charge in [0.1, 0.15) is 12.7 Å². The molecule has 1 amide bonds. The summed E-state index contributed by atoms with van der Waals surface area (Å²) in [7, 11) is 0. The highest BCUT2D eigenvalue weighted by atomic mass is 16.2. The van der Waals surface area contributed by atoms with E-state index in [2.05, 4.69) is 32.1 Å². The zero-order valence-electron chi connectivity index (χ0n) is 13.3. The first-order valence-electron chi connectivity index (χ1n) is 7.99. The topological polar surface area (TPSA) is 80.0 Å². The van der Waals surface area contributed by atoms with Crippen molar-refractivity contribution in [1.82, 2.24) is 29.9 Å². The van der Waals surface area contributed by atoms with Gasteiger partial charge in [0.25, 0.3) is 0 Å². The maximum absolute atomic E-state index is 12.0. The molecule has 8 heteroatoms. The summed E-state index contributed by atoms with van der Waals surface area (Å²) in [5.74, 6) is 1.73. The lowest BCUT2D eigenvalue weighted by Gasteiger charge is -2.35. The standard InChI is InChI=1S/C15H21N7O/c1-2-3-4-15(23)21-9-7-20(8-10-21)13-5-6-14(19-18-13)22-12-16-11-17-22/h5-6,11-12H,2-4,7-10H2,1H3. The van der Waals surface area contributed by atoms with Crippen LogP contribution >= 0.6 is 0 Å². The van der Waals surface area contributed by atoms with Gasteiger partial charge in [0, 0.05) is 32.6 Å². The van der Waals surface area contributed by atoms with Crippen LogP contribution in [0.2, 0.25) is 0 Å². The second-order valence-corrected chi connectivity index (χ2v) is 5.56. The quantitative estimate of drug-likeness (QED) is 0.815. The number of carbonyl (C=O) groups excluding carboxylic acids is 1. The van der Waals surface area contributed by atoms with Crippen LogP contribution in [-0.4, -0.2) is 61.9 Å². The van der Waals surface area contributed by atoms with Gasteiger partial charge in [0.15, 0.2) is 11.6 Å². The van der Waals surface area contributed by atoms with Crippen LogP contribution in [0.4, 0.5) is 5.82 Å². The smallest absolute Gasteiger partial charge is 0.222 e. The van der Waals surface area contributed by atoms with Crippen molar-refractivity contribution in [2.75, 3.05) is 31.1 Å². The third kappa shape index (κ3) is 3.64. The lowest BCUT2D eigenvalue weighted by atomic mass is 10.2. The molecule has 3 heterocycles. The summed E-state index contributed by atoms with van der Waals surface area (Å²) < 4.78 is 1.57. The summed E-state index contributed by atoms with van der Waals surface area (Å²) in [6.07, 6.45) is 5.73. The van der Waals surface area contributed by atoms with Crippen molar-refractivity contribution in [3.05, 3.63) is 24.8 Å². The highest BCUT2D eigenvalue weighted by Crippen LogP contribution is 2.14. The van der Waals surface area contributed by atoms with E-state index in [1.54, 1.807) is 11.0 Å². The van der Waals surface area contributed by atoms with Gasteiger partial charge in [0.05, 0.1) is 0 Å². The van der Waals surface area contributed by atoms with E-state index in [1.807, 2.05) is 17.0 Å². The fourth-order valence-electron chi connectivity index (χ4n) is 2.61. The summed E-state index contributed by atoms with van der Waals surface area (Å²) in [6, 6.07) is 3.80. The van der Waals surface area contributed by atoms with Crippen molar-refractivity contribution < 1.29 is 4.79 Å². The van der Waals surface area contributed by atoms with Crippen LogP contribution in [0.25, 0.3) is 5.82 Å². The van der Waals surface area contributed by atoms with Crippen molar-refractivity contribution in [1.29, 1.82) is 0 Å². The molecule has 23 heavy (non-hydrogen) atoms. The molecule has 1 aliphatic rings. The molecule has 0 radical (unpaired) electrons. The number of carbonyl (C=O) groups is 1. The van der Waals surface area contributed by atoms with Crippen LogP contribution in [-0.2, 0) is 4.79 Å². The van der Waals surface area contributed by atoms with Gasteiger partial charge >= 0.3 is 0 Å². The monoisotopic (exact) mass is 315 g/mol. The maximum Gasteiger partial charge on any atom is 0.222 e. The Kier molecular flexibility index (Phi) is 4.80. The predicted octanol–water partition coefficient (Wildman–Crippen LogP) is 0.896. The van der Waals surface area contributed by atoms with Gasteiger partial charge in [-0.15, -0.1) is 10.2 Å². The zero-order valence-corrected chi connectivity index (χ0v) is 13.3. The molecule has 0 N–H and O–H groups in total. The lowest BCUT2D eigenvalue weighted by Crippen LogP contribution is -2.49. The van der Waals surface area contributed by atoms with Gasteiger partial charge in [-0.25, -0.2) is 9.67 Å². The lowest BCUT2D eigenvalue weighted by molar-refractivity contribution is -0.131. The number of piperazine rings is 1. The molecule has 1 aliphatic heterocycles. The van der Waals surface area contributed by atoms with E-state index in [1.165, 1.54) is 6.33 Å². The fraction of sp³-hybridized carbons (Fsp3) is 0.533. The summed E-state index contributed by atoms with van der Waals surface area (Å²) in [4.78, 5) is 20.0. The van der Waals surface area contributed by atoms with Gasteiger partial charge in [0.2, 0.25) is 5.91 Å². The normalized spacial score (nSPS) is 15.0. The van der Waals surface area contributed by atoms with Crippen molar-refractivity contribution in [3.63, 3.8) is 0 Å². The second kappa shape index (κ2) is 7.17. The molecule has 1 saturated heterocycles. The molecule has 2 aromatic rings. The van der Waals surface area contributed by atoms with Crippen LogP contribution in [0.5, 0.6) is 0 Å². The average Bonchev–Trinajstić information content (AvgIpc) is 3.14. The van der Waals surface area contributed by atoms with Gasteiger partial charge in [-0.3, -0.25) is 4.79 Å². The Hall–Kier alpha value is -2.51. The van der Waals surface area contributed by atoms with E-state index in [4.69, 9.17) is 0 Å². The van der Waals surface area contributed by atoms with E-state index >= 15 is 0 Å². The number of rotatable bonds is 5. The first-order valence-corrected chi connectivity index (χ1v) is 7.99. The van der Waals surface area contributed by atoms with E-state index in [-0.39, 0.29) is 5.91 Å². The minimum absolute atomic E-state index is 0.263. The number of anilines is 1. The number of amides is 1. The van der Waals surface area contributed by atoms with Crippen LogP contribution < -0.4 is 4.90 Å². The molecule has 3 rings (SSSR count). The molecule has 2 aromatic heterocycles. The van der Waals surface area contributed by atoms with E-state index in [0.717, 1.165) is 44.8 Å². The second-order valence-electron chi connectivity index (χ2n) is 5.56. The number of hydrogen-bond donors (Lipinski definition) is 0. The highest BCUT2D eigenvalue weighted by molar-refractivity contribution is 5.76. The summed E-state index contributed by atoms with van der Waals surface area (Å²) in [6.45, 7) is 5.17. The van der Waals surface area contributed by atoms with Gasteiger partial charge in [-0.2, -0.15) is 5.10 Å². The molecular formula is C15H21N7O. The van der Waals surface area contributed by atoms with Crippen LogP contribution in [0.1, 0.15) is 26.2 Å². The fourth-order valence-corrected chi connectivity index (χ4v) is 2.61. The van der Waals surface area contributed by atoms with Gasteiger partial charge in [-0.1, -0.05) is 13.3 Å².